The van der Waals surface area contributed by atoms with Gasteiger partial charge in [-0.05, 0) is 31.8 Å². The van der Waals surface area contributed by atoms with Crippen molar-refractivity contribution < 1.29 is 56.7 Å². The van der Waals surface area contributed by atoms with Crippen molar-refractivity contribution in [1.82, 2.24) is 29.9 Å². The number of hydrogen-bond acceptors (Lipinski definition) is 15. The minimum Gasteiger partial charge on any atom is -0.464 e. The van der Waals surface area contributed by atoms with E-state index in [-0.39, 0.29) is 36.2 Å². The lowest BCUT2D eigenvalue weighted by Gasteiger charge is -2.25. The second kappa shape index (κ2) is 17.6. The van der Waals surface area contributed by atoms with Crippen LogP contribution >= 0.6 is 15.6 Å². The molecule has 22 heteroatoms. The van der Waals surface area contributed by atoms with Crippen LogP contribution in [0.3, 0.4) is 0 Å². The summed E-state index contributed by atoms with van der Waals surface area (Å²) in [5, 5.41) is 25.8. The Kier molecular flexibility index (Phi) is 14.4. The number of phosphoric acid groups is 1. The molecule has 270 valence electrons. The topological polar surface area (TPSA) is 289 Å². The van der Waals surface area contributed by atoms with Crippen molar-refractivity contribution in [3.05, 3.63) is 29.3 Å². The van der Waals surface area contributed by atoms with E-state index in [1.807, 2.05) is 13.8 Å². The van der Waals surface area contributed by atoms with Gasteiger partial charge >= 0.3 is 21.5 Å². The zero-order valence-corrected chi connectivity index (χ0v) is 28.5. The molecule has 7 atom stereocenters. The number of carbonyl (C=O) groups excluding carboxylic acids is 2. The van der Waals surface area contributed by atoms with Crippen LogP contribution in [0.2, 0.25) is 0 Å². The molecule has 0 aromatic carbocycles. The molecule has 1 aliphatic heterocycles. The maximum Gasteiger partial charge on any atom is 0.480 e. The van der Waals surface area contributed by atoms with Crippen LogP contribution in [0.15, 0.2) is 23.8 Å². The summed E-state index contributed by atoms with van der Waals surface area (Å²) in [6, 6.07) is -1.35. The SMILES string of the molecule is C=CC(=O)NCCOP(=O)(N[C@H](C)C(=O)OCC(CCC)CCC)OP(=O)(O)OC[C@H]1O[C@@H](n2cnc3c(=O)[nH]c(N)nc32)[C@H](O)[C@@H]1O. The molecule has 0 bridgehead atoms. The van der Waals surface area contributed by atoms with Gasteiger partial charge in [-0.2, -0.15) is 9.29 Å². The Morgan fingerprint density at radius 3 is 2.56 bits per heavy atom. The van der Waals surface area contributed by atoms with E-state index in [2.05, 4.69) is 31.9 Å². The predicted octanol–water partition coefficient (Wildman–Crippen LogP) is 0.619. The van der Waals surface area contributed by atoms with Crippen molar-refractivity contribution >= 4 is 44.6 Å². The summed E-state index contributed by atoms with van der Waals surface area (Å²) in [6.07, 6.45) is -0.653. The highest BCUT2D eigenvalue weighted by atomic mass is 31.3. The van der Waals surface area contributed by atoms with E-state index in [1.54, 1.807) is 0 Å². The first-order chi connectivity index (χ1) is 22.6. The summed E-state index contributed by atoms with van der Waals surface area (Å²) in [4.78, 5) is 56.9. The molecular weight excluding hydrogens is 680 g/mol. The van der Waals surface area contributed by atoms with Gasteiger partial charge in [-0.25, -0.2) is 19.2 Å². The highest BCUT2D eigenvalue weighted by Crippen LogP contribution is 2.61. The number of fused-ring (bicyclic) bond motifs is 1. The number of H-pyrrole nitrogens is 1. The number of aliphatic hydroxyl groups excluding tert-OH is 2. The molecule has 1 saturated heterocycles. The van der Waals surface area contributed by atoms with Crippen LogP contribution in [0.25, 0.3) is 11.2 Å². The smallest absolute Gasteiger partial charge is 0.464 e. The Bertz CT molecular complexity index is 1560. The van der Waals surface area contributed by atoms with Crippen molar-refractivity contribution in [2.24, 2.45) is 5.92 Å². The number of imidazole rings is 1. The third kappa shape index (κ3) is 10.7. The number of nitrogens with two attached hydrogens (primary N) is 1. The van der Waals surface area contributed by atoms with Crippen LogP contribution < -0.4 is 21.7 Å². The monoisotopic (exact) mass is 723 g/mol. The Labute approximate surface area is 275 Å². The molecule has 2 aromatic rings. The molecule has 3 heterocycles. The standard InChI is InChI=1S/C26H43N7O13P2/c1-5-8-16(9-6-2)12-42-25(38)15(4)32-47(39,43-11-10-28-18(34)7-3)46-48(40,41)44-13-17-20(35)21(36)24(45-17)33-14-29-19-22(33)30-26(27)31-23(19)37/h7,14-17,20-21,24,35-36H,3,5-6,8-13H2,1-2,4H3,(H,28,34)(H,32,39)(H,40,41)(H3,27,30,31,37)/t15-,17-,20-,21-,24-,47?/m1/s1. The van der Waals surface area contributed by atoms with Crippen molar-refractivity contribution in [3.63, 3.8) is 0 Å². The minimum atomic E-state index is -5.33. The van der Waals surface area contributed by atoms with Crippen molar-refractivity contribution in [1.29, 1.82) is 0 Å². The van der Waals surface area contributed by atoms with E-state index in [1.165, 1.54) is 6.92 Å². The third-order valence-electron chi connectivity index (χ3n) is 7.08. The fourth-order valence-electron chi connectivity index (χ4n) is 4.79. The van der Waals surface area contributed by atoms with E-state index >= 15 is 0 Å². The molecule has 20 nitrogen and oxygen atoms in total. The Hall–Kier alpha value is -3.03. The first kappa shape index (κ1) is 39.4. The molecule has 8 N–H and O–H groups in total. The maximum atomic E-state index is 13.6. The molecule has 1 aliphatic rings. The lowest BCUT2D eigenvalue weighted by molar-refractivity contribution is -0.146. The first-order valence-electron chi connectivity index (χ1n) is 15.1. The molecule has 2 unspecified atom stereocenters. The number of nitrogens with zero attached hydrogens (tertiary/aromatic N) is 3. The van der Waals surface area contributed by atoms with Crippen LogP contribution in [0.1, 0.15) is 52.7 Å². The normalized spacial score (nSPS) is 22.6. The molecule has 3 rings (SSSR count). The van der Waals surface area contributed by atoms with Gasteiger partial charge in [-0.1, -0.05) is 33.3 Å². The molecule has 48 heavy (non-hydrogen) atoms. The lowest BCUT2D eigenvalue weighted by Crippen LogP contribution is -2.36. The number of aromatic amines is 1. The van der Waals surface area contributed by atoms with Gasteiger partial charge in [0.05, 0.1) is 26.1 Å². The van der Waals surface area contributed by atoms with Gasteiger partial charge in [0.15, 0.2) is 17.4 Å². The number of carbonyl (C=O) groups is 2. The van der Waals surface area contributed by atoms with Crippen molar-refractivity contribution in [2.75, 3.05) is 32.1 Å². The Balaban J connectivity index is 1.69. The Morgan fingerprint density at radius 2 is 1.92 bits per heavy atom. The molecule has 1 fully saturated rings. The number of aromatic nitrogens is 4. The average molecular weight is 724 g/mol. The van der Waals surface area contributed by atoms with Gasteiger partial charge in [0.2, 0.25) is 11.9 Å². The van der Waals surface area contributed by atoms with Crippen molar-refractivity contribution in [3.8, 4) is 0 Å². The summed E-state index contributed by atoms with van der Waals surface area (Å²) in [7, 11) is -10.2. The molecule has 2 aromatic heterocycles. The van der Waals surface area contributed by atoms with Crippen LogP contribution in [-0.2, 0) is 41.6 Å². The quantitative estimate of drug-likeness (QED) is 0.0426. The number of phosphoric ester groups is 1. The van der Waals surface area contributed by atoms with E-state index in [0.717, 1.165) is 42.7 Å². The molecule has 0 saturated carbocycles. The number of ether oxygens (including phenoxy) is 2. The average Bonchev–Trinajstić information content (AvgIpc) is 3.56. The number of amides is 1. The second-order valence-corrected chi connectivity index (χ2v) is 14.3. The number of aliphatic hydroxyl groups is 2. The highest BCUT2D eigenvalue weighted by Gasteiger charge is 2.46. The fourth-order valence-corrected chi connectivity index (χ4v) is 7.77. The summed E-state index contributed by atoms with van der Waals surface area (Å²) in [5.41, 5.74) is 4.74. The van der Waals surface area contributed by atoms with Gasteiger partial charge in [0, 0.05) is 6.54 Å². The van der Waals surface area contributed by atoms with Gasteiger partial charge in [-0.15, -0.1) is 0 Å². The van der Waals surface area contributed by atoms with Crippen LogP contribution in [0, 0.1) is 5.92 Å². The molecular formula is C26H43N7O13P2. The number of esters is 1. The zero-order valence-electron chi connectivity index (χ0n) is 26.7. The van der Waals surface area contributed by atoms with Crippen LogP contribution in [-0.4, -0.2) is 97.2 Å². The van der Waals surface area contributed by atoms with E-state index in [9.17, 15) is 38.6 Å². The zero-order chi connectivity index (χ0) is 35.6. The second-order valence-electron chi connectivity index (χ2n) is 10.9. The number of rotatable bonds is 20. The third-order valence-corrected chi connectivity index (χ3v) is 10.5. The van der Waals surface area contributed by atoms with Crippen LogP contribution in [0.4, 0.5) is 5.95 Å². The van der Waals surface area contributed by atoms with Gasteiger partial charge in [0.1, 0.15) is 24.4 Å². The summed E-state index contributed by atoms with van der Waals surface area (Å²) >= 11 is 0. The summed E-state index contributed by atoms with van der Waals surface area (Å²) in [6.45, 7) is 7.09. The fraction of sp³-hybridized carbons (Fsp3) is 0.654. The minimum absolute atomic E-state index is 0.0717. The summed E-state index contributed by atoms with van der Waals surface area (Å²) in [5.74, 6) is -1.54. The number of hydrogen-bond donors (Lipinski definition) is 7. The van der Waals surface area contributed by atoms with Gasteiger partial charge < -0.3 is 35.6 Å². The first-order valence-corrected chi connectivity index (χ1v) is 18.2. The molecule has 1 amide bonds. The van der Waals surface area contributed by atoms with E-state index in [0.29, 0.717) is 0 Å². The molecule has 0 radical (unpaired) electrons. The van der Waals surface area contributed by atoms with Crippen molar-refractivity contribution in [2.45, 2.75) is 77.0 Å². The summed E-state index contributed by atoms with van der Waals surface area (Å²) < 4.78 is 53.7. The molecule has 0 aliphatic carbocycles. The number of anilines is 1. The predicted molar refractivity (Wildman–Crippen MR) is 169 cm³/mol. The van der Waals surface area contributed by atoms with E-state index < -0.39 is 76.8 Å². The van der Waals surface area contributed by atoms with Gasteiger partial charge in [-0.3, -0.25) is 33.0 Å². The highest BCUT2D eigenvalue weighted by molar-refractivity contribution is 7.63. The van der Waals surface area contributed by atoms with Gasteiger partial charge in [0.25, 0.3) is 5.56 Å². The largest absolute Gasteiger partial charge is 0.480 e. The molecule has 0 spiro atoms. The number of nitrogen functional groups attached to an aromatic ring is 1. The Morgan fingerprint density at radius 1 is 1.23 bits per heavy atom. The van der Waals surface area contributed by atoms with E-state index in [4.69, 9.17) is 28.6 Å². The van der Waals surface area contributed by atoms with Crippen LogP contribution in [0.5, 0.6) is 0 Å². The lowest BCUT2D eigenvalue weighted by atomic mass is 9.99. The number of nitrogens with one attached hydrogen (secondary N) is 3. The maximum absolute atomic E-state index is 13.6.